The molecule has 0 aliphatic carbocycles. The Kier molecular flexibility index (Phi) is 5.49. The second-order valence-electron chi connectivity index (χ2n) is 4.97. The minimum Gasteiger partial charge on any atom is -0.445 e. The number of carbonyl (C=O) groups is 1. The Morgan fingerprint density at radius 2 is 2.00 bits per heavy atom. The van der Waals surface area contributed by atoms with Crippen molar-refractivity contribution in [3.8, 4) is 0 Å². The van der Waals surface area contributed by atoms with Crippen LogP contribution in [0.15, 0.2) is 48.5 Å². The van der Waals surface area contributed by atoms with Crippen LogP contribution in [0.25, 0.3) is 0 Å². The topological polar surface area (TPSA) is 58.6 Å². The van der Waals surface area contributed by atoms with Crippen molar-refractivity contribution in [2.75, 3.05) is 6.54 Å². The van der Waals surface area contributed by atoms with Gasteiger partial charge in [-0.25, -0.2) is 9.18 Å². The van der Waals surface area contributed by atoms with Crippen LogP contribution in [0.1, 0.15) is 22.8 Å². The second-order valence-corrected chi connectivity index (χ2v) is 4.97. The summed E-state index contributed by atoms with van der Waals surface area (Å²) in [6, 6.07) is 13.7. The van der Waals surface area contributed by atoms with Gasteiger partial charge < -0.3 is 15.2 Å². The Hall–Kier alpha value is -2.40. The van der Waals surface area contributed by atoms with E-state index in [1.807, 2.05) is 30.3 Å². The number of halogens is 1. The van der Waals surface area contributed by atoms with Gasteiger partial charge in [-0.15, -0.1) is 0 Å². The molecule has 1 atom stereocenters. The van der Waals surface area contributed by atoms with E-state index in [4.69, 9.17) is 4.74 Å². The number of aliphatic hydroxyl groups excluding tert-OH is 1. The van der Waals surface area contributed by atoms with Crippen LogP contribution >= 0.6 is 0 Å². The predicted octanol–water partition coefficient (Wildman–Crippen LogP) is 3.09. The first-order chi connectivity index (χ1) is 10.6. The Morgan fingerprint density at radius 1 is 1.27 bits per heavy atom. The Labute approximate surface area is 128 Å². The van der Waals surface area contributed by atoms with Crippen LogP contribution in [0.4, 0.5) is 9.18 Å². The van der Waals surface area contributed by atoms with Gasteiger partial charge in [-0.05, 0) is 29.7 Å². The monoisotopic (exact) mass is 303 g/mol. The van der Waals surface area contributed by atoms with Gasteiger partial charge >= 0.3 is 6.09 Å². The van der Waals surface area contributed by atoms with E-state index in [2.05, 4.69) is 5.32 Å². The third-order valence-corrected chi connectivity index (χ3v) is 3.23. The summed E-state index contributed by atoms with van der Waals surface area (Å²) < 4.78 is 18.4. The van der Waals surface area contributed by atoms with E-state index in [-0.39, 0.29) is 19.0 Å². The number of benzene rings is 2. The van der Waals surface area contributed by atoms with E-state index in [1.165, 1.54) is 6.07 Å². The van der Waals surface area contributed by atoms with Crippen molar-refractivity contribution in [2.45, 2.75) is 19.6 Å². The highest BCUT2D eigenvalue weighted by Crippen LogP contribution is 2.16. The highest BCUT2D eigenvalue weighted by atomic mass is 19.1. The molecular formula is C17H18FNO3. The largest absolute Gasteiger partial charge is 0.445 e. The smallest absolute Gasteiger partial charge is 0.407 e. The van der Waals surface area contributed by atoms with Gasteiger partial charge in [0.25, 0.3) is 0 Å². The molecule has 1 amide bonds. The molecule has 0 aromatic heterocycles. The maximum Gasteiger partial charge on any atom is 0.407 e. The first kappa shape index (κ1) is 16.0. The number of amides is 1. The zero-order chi connectivity index (χ0) is 15.9. The molecule has 2 aromatic rings. The third kappa shape index (κ3) is 4.56. The van der Waals surface area contributed by atoms with Gasteiger partial charge in [-0.2, -0.15) is 0 Å². The van der Waals surface area contributed by atoms with Gasteiger partial charge in [0.2, 0.25) is 0 Å². The van der Waals surface area contributed by atoms with Crippen molar-refractivity contribution in [2.24, 2.45) is 0 Å². The number of hydrogen-bond acceptors (Lipinski definition) is 3. The fourth-order valence-corrected chi connectivity index (χ4v) is 1.89. The minimum atomic E-state index is -0.987. The molecule has 1 unspecified atom stereocenters. The standard InChI is InChI=1S/C17H18FNO3/c1-12-7-8-14(9-15(12)18)16(20)10-19-17(21)22-11-13-5-3-2-4-6-13/h2-9,16,20H,10-11H2,1H3,(H,19,21). The third-order valence-electron chi connectivity index (χ3n) is 3.23. The van der Waals surface area contributed by atoms with Gasteiger partial charge in [-0.1, -0.05) is 42.5 Å². The van der Waals surface area contributed by atoms with Crippen LogP contribution in [0, 0.1) is 12.7 Å². The van der Waals surface area contributed by atoms with Crippen molar-refractivity contribution in [1.29, 1.82) is 0 Å². The van der Waals surface area contributed by atoms with E-state index in [0.717, 1.165) is 5.56 Å². The van der Waals surface area contributed by atoms with Gasteiger partial charge in [0.15, 0.2) is 0 Å². The molecule has 0 radical (unpaired) electrons. The van der Waals surface area contributed by atoms with Crippen molar-refractivity contribution >= 4 is 6.09 Å². The molecule has 0 heterocycles. The van der Waals surface area contributed by atoms with Crippen LogP contribution in [0.3, 0.4) is 0 Å². The molecule has 0 saturated carbocycles. The molecule has 5 heteroatoms. The summed E-state index contributed by atoms with van der Waals surface area (Å²) in [5.74, 6) is -0.386. The van der Waals surface area contributed by atoms with Crippen LogP contribution in [-0.2, 0) is 11.3 Å². The van der Waals surface area contributed by atoms with E-state index in [1.54, 1.807) is 19.1 Å². The zero-order valence-electron chi connectivity index (χ0n) is 12.3. The molecule has 22 heavy (non-hydrogen) atoms. The summed E-state index contributed by atoms with van der Waals surface area (Å²) in [6.45, 7) is 1.75. The molecule has 0 fully saturated rings. The molecule has 4 nitrogen and oxygen atoms in total. The van der Waals surface area contributed by atoms with Gasteiger partial charge in [0, 0.05) is 0 Å². The Balaban J connectivity index is 1.79. The van der Waals surface area contributed by atoms with Gasteiger partial charge in [0.05, 0.1) is 12.6 Å². The number of aryl methyl sites for hydroxylation is 1. The lowest BCUT2D eigenvalue weighted by Gasteiger charge is -2.13. The molecular weight excluding hydrogens is 285 g/mol. The number of alkyl carbamates (subject to hydrolysis) is 1. The fourth-order valence-electron chi connectivity index (χ4n) is 1.89. The van der Waals surface area contributed by atoms with Crippen LogP contribution in [0.5, 0.6) is 0 Å². The summed E-state index contributed by atoms with van der Waals surface area (Å²) in [7, 11) is 0. The first-order valence-electron chi connectivity index (χ1n) is 6.95. The summed E-state index contributed by atoms with van der Waals surface area (Å²) in [5.41, 5.74) is 1.79. The lowest BCUT2D eigenvalue weighted by atomic mass is 10.1. The van der Waals surface area contributed by atoms with Gasteiger partial charge in [-0.3, -0.25) is 0 Å². The van der Waals surface area contributed by atoms with Crippen molar-refractivity contribution in [3.63, 3.8) is 0 Å². The lowest BCUT2D eigenvalue weighted by Crippen LogP contribution is -2.29. The summed E-state index contributed by atoms with van der Waals surface area (Å²) in [6.07, 6.45) is -1.62. The molecule has 0 aliphatic heterocycles. The lowest BCUT2D eigenvalue weighted by molar-refractivity contribution is 0.126. The van der Waals surface area contributed by atoms with Crippen LogP contribution < -0.4 is 5.32 Å². The molecule has 2 rings (SSSR count). The maximum absolute atomic E-state index is 13.4. The highest BCUT2D eigenvalue weighted by molar-refractivity contribution is 5.67. The van der Waals surface area contributed by atoms with E-state index in [0.29, 0.717) is 11.1 Å². The molecule has 2 N–H and O–H groups in total. The number of nitrogens with one attached hydrogen (secondary N) is 1. The zero-order valence-corrected chi connectivity index (χ0v) is 12.3. The number of carbonyl (C=O) groups excluding carboxylic acids is 1. The van der Waals surface area contributed by atoms with Crippen molar-refractivity contribution < 1.29 is 19.0 Å². The SMILES string of the molecule is Cc1ccc(C(O)CNC(=O)OCc2ccccc2)cc1F. The molecule has 116 valence electrons. The predicted molar refractivity (Wildman–Crippen MR) is 80.7 cm³/mol. The maximum atomic E-state index is 13.4. The normalized spacial score (nSPS) is 11.8. The molecule has 0 saturated heterocycles. The Bertz CT molecular complexity index is 631. The average Bonchev–Trinajstić information content (AvgIpc) is 2.54. The quantitative estimate of drug-likeness (QED) is 0.892. The van der Waals surface area contributed by atoms with Gasteiger partial charge in [0.1, 0.15) is 12.4 Å². The molecule has 2 aromatic carbocycles. The summed E-state index contributed by atoms with van der Waals surface area (Å²) in [5, 5.41) is 12.4. The summed E-state index contributed by atoms with van der Waals surface area (Å²) in [4.78, 5) is 11.6. The number of rotatable bonds is 5. The first-order valence-corrected chi connectivity index (χ1v) is 6.95. The highest BCUT2D eigenvalue weighted by Gasteiger charge is 2.11. The molecule has 0 spiro atoms. The van der Waals surface area contributed by atoms with E-state index in [9.17, 15) is 14.3 Å². The minimum absolute atomic E-state index is 0.0455. The average molecular weight is 303 g/mol. The van der Waals surface area contributed by atoms with Crippen molar-refractivity contribution in [3.05, 3.63) is 71.0 Å². The van der Waals surface area contributed by atoms with Crippen molar-refractivity contribution in [1.82, 2.24) is 5.32 Å². The van der Waals surface area contributed by atoms with E-state index >= 15 is 0 Å². The Morgan fingerprint density at radius 3 is 2.68 bits per heavy atom. The molecule has 0 bridgehead atoms. The number of hydrogen-bond donors (Lipinski definition) is 2. The van der Waals surface area contributed by atoms with E-state index < -0.39 is 12.2 Å². The second kappa shape index (κ2) is 7.56. The fraction of sp³-hybridized carbons (Fsp3) is 0.235. The van der Waals surface area contributed by atoms with Crippen LogP contribution in [-0.4, -0.2) is 17.7 Å². The van der Waals surface area contributed by atoms with Crippen LogP contribution in [0.2, 0.25) is 0 Å². The number of ether oxygens (including phenoxy) is 1. The summed E-state index contributed by atoms with van der Waals surface area (Å²) >= 11 is 0. The molecule has 0 aliphatic rings. The number of aliphatic hydroxyl groups is 1.